The number of nitrogens with zero attached hydrogens (tertiary/aromatic N) is 3. The number of ether oxygens (including phenoxy) is 2. The summed E-state index contributed by atoms with van der Waals surface area (Å²) >= 11 is 0. The van der Waals surface area contributed by atoms with Crippen LogP contribution >= 0.6 is 0 Å². The van der Waals surface area contributed by atoms with Crippen LogP contribution in [0.5, 0.6) is 11.5 Å². The summed E-state index contributed by atoms with van der Waals surface area (Å²) in [4.78, 5) is 21.9. The van der Waals surface area contributed by atoms with Crippen LogP contribution in [0, 0.1) is 0 Å². The largest absolute Gasteiger partial charge is 0.497 e. The molecule has 0 aromatic heterocycles. The minimum absolute atomic E-state index is 0.121. The summed E-state index contributed by atoms with van der Waals surface area (Å²) in [7, 11) is 1.65. The van der Waals surface area contributed by atoms with E-state index in [4.69, 9.17) is 20.0 Å². The highest BCUT2D eigenvalue weighted by Crippen LogP contribution is 2.21. The molecule has 0 unspecified atom stereocenters. The summed E-state index contributed by atoms with van der Waals surface area (Å²) in [5.41, 5.74) is 8.91. The van der Waals surface area contributed by atoms with Crippen LogP contribution < -0.4 is 20.1 Å². The van der Waals surface area contributed by atoms with Crippen LogP contribution in [0.4, 0.5) is 5.69 Å². The van der Waals surface area contributed by atoms with Gasteiger partial charge in [0.05, 0.1) is 12.7 Å². The zero-order valence-electron chi connectivity index (χ0n) is 19.8. The van der Waals surface area contributed by atoms with Crippen molar-refractivity contribution in [1.82, 2.24) is 4.90 Å². The van der Waals surface area contributed by atoms with Gasteiger partial charge in [0.15, 0.2) is 12.4 Å². The van der Waals surface area contributed by atoms with Crippen molar-refractivity contribution < 1.29 is 19.1 Å². The minimum atomic E-state index is -0.170. The number of piperazine rings is 1. The molecule has 3 aromatic carbocycles. The topological polar surface area (TPSA) is 89.6 Å². The molecule has 2 N–H and O–H groups in total. The number of para-hydroxylation sites is 1. The molecular formula is C27H30N4O4. The number of hydrogen-bond donors (Lipinski definition) is 1. The first kappa shape index (κ1) is 23.9. The first-order valence-corrected chi connectivity index (χ1v) is 11.5. The number of anilines is 1. The van der Waals surface area contributed by atoms with E-state index in [1.165, 1.54) is 0 Å². The van der Waals surface area contributed by atoms with E-state index in [1.807, 2.05) is 78.9 Å². The fourth-order valence-electron chi connectivity index (χ4n) is 3.84. The molecule has 1 saturated heterocycles. The zero-order chi connectivity index (χ0) is 24.5. The molecule has 0 atom stereocenters. The third kappa shape index (κ3) is 6.44. The second-order valence-electron chi connectivity index (χ2n) is 8.09. The van der Waals surface area contributed by atoms with Crippen molar-refractivity contribution in [2.24, 2.45) is 10.9 Å². The maximum atomic E-state index is 12.6. The summed E-state index contributed by atoms with van der Waals surface area (Å²) in [5.74, 6) is 1.46. The molecule has 1 amide bonds. The van der Waals surface area contributed by atoms with E-state index in [2.05, 4.69) is 10.1 Å². The fraction of sp³-hybridized carbons (Fsp3) is 0.259. The standard InChI is InChI=1S/C27H30N4O4/c1-33-23-13-11-22(12-14-23)30-15-17-31(18-16-30)26(32)20-35-29-27(28)24-9-5-6-10-25(24)34-19-21-7-3-2-4-8-21/h2-14H,15-20H2,1H3,(H2,28,29). The lowest BCUT2D eigenvalue weighted by atomic mass is 10.2. The maximum Gasteiger partial charge on any atom is 0.263 e. The molecule has 1 heterocycles. The zero-order valence-corrected chi connectivity index (χ0v) is 19.8. The van der Waals surface area contributed by atoms with Crippen LogP contribution in [0.25, 0.3) is 0 Å². The van der Waals surface area contributed by atoms with Gasteiger partial charge >= 0.3 is 0 Å². The van der Waals surface area contributed by atoms with Crippen molar-refractivity contribution in [2.75, 3.05) is 44.8 Å². The molecular weight excluding hydrogens is 444 g/mol. The van der Waals surface area contributed by atoms with E-state index >= 15 is 0 Å². The Morgan fingerprint density at radius 3 is 2.31 bits per heavy atom. The third-order valence-electron chi connectivity index (χ3n) is 5.82. The molecule has 35 heavy (non-hydrogen) atoms. The summed E-state index contributed by atoms with van der Waals surface area (Å²) in [6.07, 6.45) is 0. The van der Waals surface area contributed by atoms with Gasteiger partial charge in [0, 0.05) is 31.9 Å². The van der Waals surface area contributed by atoms with Gasteiger partial charge in [-0.2, -0.15) is 0 Å². The van der Waals surface area contributed by atoms with Crippen molar-refractivity contribution in [3.63, 3.8) is 0 Å². The summed E-state index contributed by atoms with van der Waals surface area (Å²) in [6.45, 7) is 2.96. The number of benzene rings is 3. The first-order chi connectivity index (χ1) is 17.1. The van der Waals surface area contributed by atoms with Crippen molar-refractivity contribution in [3.05, 3.63) is 90.0 Å². The van der Waals surface area contributed by atoms with Gasteiger partial charge < -0.3 is 29.8 Å². The summed E-state index contributed by atoms with van der Waals surface area (Å²) in [6, 6.07) is 25.1. The second-order valence-corrected chi connectivity index (χ2v) is 8.09. The fourth-order valence-corrected chi connectivity index (χ4v) is 3.84. The molecule has 0 bridgehead atoms. The Balaban J connectivity index is 1.26. The lowest BCUT2D eigenvalue weighted by Gasteiger charge is -2.36. The molecule has 1 fully saturated rings. The number of amidine groups is 1. The molecule has 8 heteroatoms. The Labute approximate surface area is 205 Å². The number of oxime groups is 1. The Bertz CT molecular complexity index is 1130. The number of nitrogens with two attached hydrogens (primary N) is 1. The molecule has 8 nitrogen and oxygen atoms in total. The van der Waals surface area contributed by atoms with Crippen LogP contribution in [0.15, 0.2) is 84.0 Å². The average molecular weight is 475 g/mol. The lowest BCUT2D eigenvalue weighted by Crippen LogP contribution is -2.49. The molecule has 3 aromatic rings. The number of carbonyl (C=O) groups excluding carboxylic acids is 1. The van der Waals surface area contributed by atoms with Crippen LogP contribution in [0.2, 0.25) is 0 Å². The van der Waals surface area contributed by atoms with Crippen LogP contribution in [-0.4, -0.2) is 56.5 Å². The second kappa shape index (κ2) is 11.8. The van der Waals surface area contributed by atoms with E-state index < -0.39 is 0 Å². The Hall–Kier alpha value is -4.20. The van der Waals surface area contributed by atoms with Crippen molar-refractivity contribution in [2.45, 2.75) is 6.61 Å². The number of hydrogen-bond acceptors (Lipinski definition) is 6. The molecule has 0 radical (unpaired) electrons. The van der Waals surface area contributed by atoms with Gasteiger partial charge in [-0.1, -0.05) is 47.6 Å². The third-order valence-corrected chi connectivity index (χ3v) is 5.82. The van der Waals surface area contributed by atoms with Gasteiger partial charge in [-0.25, -0.2) is 0 Å². The minimum Gasteiger partial charge on any atom is -0.497 e. The first-order valence-electron chi connectivity index (χ1n) is 11.5. The van der Waals surface area contributed by atoms with Crippen molar-refractivity contribution >= 4 is 17.4 Å². The highest BCUT2D eigenvalue weighted by molar-refractivity contribution is 5.99. The van der Waals surface area contributed by atoms with E-state index in [-0.39, 0.29) is 18.3 Å². The predicted octanol–water partition coefficient (Wildman–Crippen LogP) is 3.26. The Morgan fingerprint density at radius 1 is 0.914 bits per heavy atom. The van der Waals surface area contributed by atoms with E-state index in [0.717, 1.165) is 30.1 Å². The monoisotopic (exact) mass is 474 g/mol. The van der Waals surface area contributed by atoms with Crippen molar-refractivity contribution in [1.29, 1.82) is 0 Å². The molecule has 0 spiro atoms. The molecule has 1 aliphatic heterocycles. The van der Waals surface area contributed by atoms with Gasteiger partial charge in [0.25, 0.3) is 5.91 Å². The highest BCUT2D eigenvalue weighted by Gasteiger charge is 2.21. The number of amides is 1. The molecule has 0 saturated carbocycles. The average Bonchev–Trinajstić information content (AvgIpc) is 2.92. The van der Waals surface area contributed by atoms with Gasteiger partial charge in [0.2, 0.25) is 0 Å². The summed E-state index contributed by atoms with van der Waals surface area (Å²) in [5, 5.41) is 3.97. The number of carbonyl (C=O) groups is 1. The van der Waals surface area contributed by atoms with E-state index in [9.17, 15) is 4.79 Å². The highest BCUT2D eigenvalue weighted by atomic mass is 16.6. The van der Waals surface area contributed by atoms with Crippen LogP contribution in [0.1, 0.15) is 11.1 Å². The number of methoxy groups -OCH3 is 1. The number of rotatable bonds is 9. The van der Waals surface area contributed by atoms with Gasteiger partial charge in [-0.05, 0) is 42.0 Å². The smallest absolute Gasteiger partial charge is 0.263 e. The van der Waals surface area contributed by atoms with Gasteiger partial charge in [-0.3, -0.25) is 4.79 Å². The quantitative estimate of drug-likeness (QED) is 0.291. The van der Waals surface area contributed by atoms with E-state index in [0.29, 0.717) is 31.0 Å². The molecule has 0 aliphatic carbocycles. The predicted molar refractivity (Wildman–Crippen MR) is 136 cm³/mol. The van der Waals surface area contributed by atoms with Gasteiger partial charge in [0.1, 0.15) is 18.1 Å². The molecule has 4 rings (SSSR count). The van der Waals surface area contributed by atoms with Crippen molar-refractivity contribution in [3.8, 4) is 11.5 Å². The molecule has 1 aliphatic rings. The molecule has 182 valence electrons. The van der Waals surface area contributed by atoms with Crippen LogP contribution in [0.3, 0.4) is 0 Å². The normalized spacial score (nSPS) is 13.9. The van der Waals surface area contributed by atoms with Gasteiger partial charge in [-0.15, -0.1) is 0 Å². The maximum absolute atomic E-state index is 12.6. The van der Waals surface area contributed by atoms with E-state index in [1.54, 1.807) is 12.0 Å². The Kier molecular flexibility index (Phi) is 8.06. The lowest BCUT2D eigenvalue weighted by molar-refractivity contribution is -0.136. The summed E-state index contributed by atoms with van der Waals surface area (Å²) < 4.78 is 11.1. The van der Waals surface area contributed by atoms with Crippen LogP contribution in [-0.2, 0) is 16.2 Å². The Morgan fingerprint density at radius 2 is 1.60 bits per heavy atom. The SMILES string of the molecule is COc1ccc(N2CCN(C(=O)CO/N=C(/N)c3ccccc3OCc3ccccc3)CC2)cc1.